The van der Waals surface area contributed by atoms with Crippen LogP contribution in [0.25, 0.3) is 11.3 Å². The van der Waals surface area contributed by atoms with E-state index in [0.29, 0.717) is 12.4 Å². The van der Waals surface area contributed by atoms with Crippen molar-refractivity contribution in [2.24, 2.45) is 0 Å². The van der Waals surface area contributed by atoms with Gasteiger partial charge >= 0.3 is 0 Å². The van der Waals surface area contributed by atoms with Gasteiger partial charge in [-0.05, 0) is 67.7 Å². The molecule has 1 aliphatic heterocycles. The van der Waals surface area contributed by atoms with Crippen molar-refractivity contribution in [3.05, 3.63) is 72.4 Å². The Hall–Kier alpha value is -3.67. The lowest BCUT2D eigenvalue weighted by molar-refractivity contribution is -0.114. The highest BCUT2D eigenvalue weighted by atomic mass is 16.3. The lowest BCUT2D eigenvalue weighted by atomic mass is 10.0. The number of anilines is 3. The van der Waals surface area contributed by atoms with Crippen LogP contribution in [0.5, 0.6) is 5.75 Å². The summed E-state index contributed by atoms with van der Waals surface area (Å²) >= 11 is 0. The topological polar surface area (TPSA) is 78.3 Å². The number of aromatic hydroxyl groups is 1. The normalized spacial score (nSPS) is 13.6. The Labute approximate surface area is 188 Å². The van der Waals surface area contributed by atoms with E-state index in [0.717, 1.165) is 59.7 Å². The molecule has 164 valence electrons. The van der Waals surface area contributed by atoms with Crippen LogP contribution >= 0.6 is 0 Å². The van der Waals surface area contributed by atoms with Crippen LogP contribution in [-0.2, 0) is 11.2 Å². The Balaban J connectivity index is 1.59. The SMILES string of the molecule is C=CC(=O)Cc1cccc(-c2nc(Nc3ccc(O)c(N4CCCCC4)c3)ncc2C)c1. The molecule has 4 rings (SSSR count). The van der Waals surface area contributed by atoms with Crippen molar-refractivity contribution < 1.29 is 9.90 Å². The molecule has 6 nitrogen and oxygen atoms in total. The molecule has 2 aromatic carbocycles. The molecule has 0 saturated carbocycles. The first-order valence-corrected chi connectivity index (χ1v) is 11.0. The molecule has 0 atom stereocenters. The number of hydrogen-bond donors (Lipinski definition) is 2. The third kappa shape index (κ3) is 4.97. The molecule has 1 saturated heterocycles. The predicted octanol–water partition coefficient (Wildman–Crippen LogP) is 5.19. The summed E-state index contributed by atoms with van der Waals surface area (Å²) in [6, 6.07) is 13.3. The summed E-state index contributed by atoms with van der Waals surface area (Å²) in [4.78, 5) is 23.1. The van der Waals surface area contributed by atoms with Gasteiger partial charge in [0.15, 0.2) is 5.78 Å². The molecule has 0 radical (unpaired) electrons. The minimum absolute atomic E-state index is 0.0132. The van der Waals surface area contributed by atoms with Gasteiger partial charge in [-0.1, -0.05) is 24.8 Å². The first-order chi connectivity index (χ1) is 15.5. The number of benzene rings is 2. The van der Waals surface area contributed by atoms with Crippen molar-refractivity contribution >= 4 is 23.1 Å². The molecule has 1 fully saturated rings. The number of phenolic OH excluding ortho intramolecular Hbond substituents is 1. The minimum Gasteiger partial charge on any atom is -0.506 e. The molecule has 6 heteroatoms. The Bertz CT molecular complexity index is 1140. The zero-order valence-electron chi connectivity index (χ0n) is 18.3. The molecule has 0 unspecified atom stereocenters. The summed E-state index contributed by atoms with van der Waals surface area (Å²) in [5.74, 6) is 0.753. The number of hydrogen-bond acceptors (Lipinski definition) is 6. The van der Waals surface area contributed by atoms with Gasteiger partial charge in [-0.2, -0.15) is 0 Å². The highest BCUT2D eigenvalue weighted by Gasteiger charge is 2.15. The Morgan fingerprint density at radius 2 is 2.00 bits per heavy atom. The number of carbonyl (C=O) groups excluding carboxylic acids is 1. The average molecular weight is 429 g/mol. The first-order valence-electron chi connectivity index (χ1n) is 11.0. The van der Waals surface area contributed by atoms with E-state index in [1.165, 1.54) is 12.5 Å². The van der Waals surface area contributed by atoms with Crippen LogP contribution in [0, 0.1) is 6.92 Å². The number of carbonyl (C=O) groups is 1. The lowest BCUT2D eigenvalue weighted by Gasteiger charge is -2.29. The van der Waals surface area contributed by atoms with Crippen molar-refractivity contribution in [1.82, 2.24) is 9.97 Å². The third-order valence-corrected chi connectivity index (χ3v) is 5.71. The van der Waals surface area contributed by atoms with Gasteiger partial charge in [0.25, 0.3) is 0 Å². The smallest absolute Gasteiger partial charge is 0.227 e. The Morgan fingerprint density at radius 1 is 1.19 bits per heavy atom. The number of nitrogens with zero attached hydrogens (tertiary/aromatic N) is 3. The molecular weight excluding hydrogens is 400 g/mol. The second kappa shape index (κ2) is 9.64. The van der Waals surface area contributed by atoms with Crippen molar-refractivity contribution in [3.63, 3.8) is 0 Å². The van der Waals surface area contributed by atoms with E-state index in [-0.39, 0.29) is 11.5 Å². The first kappa shape index (κ1) is 21.6. The summed E-state index contributed by atoms with van der Waals surface area (Å²) in [5.41, 5.74) is 5.27. The maximum Gasteiger partial charge on any atom is 0.227 e. The van der Waals surface area contributed by atoms with Gasteiger partial charge in [0, 0.05) is 37.0 Å². The fourth-order valence-electron chi connectivity index (χ4n) is 4.01. The predicted molar refractivity (Wildman–Crippen MR) is 129 cm³/mol. The van der Waals surface area contributed by atoms with Crippen molar-refractivity contribution in [2.45, 2.75) is 32.6 Å². The zero-order chi connectivity index (χ0) is 22.5. The molecule has 3 aromatic rings. The number of phenols is 1. The van der Waals surface area contributed by atoms with Crippen molar-refractivity contribution in [3.8, 4) is 17.0 Å². The average Bonchev–Trinajstić information content (AvgIpc) is 2.82. The number of aromatic nitrogens is 2. The number of piperidine rings is 1. The Kier molecular flexibility index (Phi) is 6.50. The number of allylic oxidation sites excluding steroid dienone is 1. The summed E-state index contributed by atoms with van der Waals surface area (Å²) < 4.78 is 0. The van der Waals surface area contributed by atoms with Crippen LogP contribution in [-0.4, -0.2) is 33.9 Å². The molecular formula is C26H28N4O2. The van der Waals surface area contributed by atoms with Crippen LogP contribution in [0.15, 0.2) is 61.3 Å². The van der Waals surface area contributed by atoms with Crippen LogP contribution < -0.4 is 10.2 Å². The monoisotopic (exact) mass is 428 g/mol. The summed E-state index contributed by atoms with van der Waals surface area (Å²) in [6.45, 7) is 7.42. The van der Waals surface area contributed by atoms with E-state index < -0.39 is 0 Å². The number of ketones is 1. The maximum atomic E-state index is 11.7. The third-order valence-electron chi connectivity index (χ3n) is 5.71. The molecule has 2 heterocycles. The summed E-state index contributed by atoms with van der Waals surface area (Å²) in [7, 11) is 0. The van der Waals surface area contributed by atoms with Crippen LogP contribution in [0.2, 0.25) is 0 Å². The molecule has 2 N–H and O–H groups in total. The number of nitrogens with one attached hydrogen (secondary N) is 1. The van der Waals surface area contributed by atoms with Gasteiger partial charge in [-0.3, -0.25) is 4.79 Å². The highest BCUT2D eigenvalue weighted by Crippen LogP contribution is 2.33. The minimum atomic E-state index is -0.0132. The van der Waals surface area contributed by atoms with Crippen molar-refractivity contribution in [1.29, 1.82) is 0 Å². The molecule has 32 heavy (non-hydrogen) atoms. The van der Waals surface area contributed by atoms with Gasteiger partial charge in [0.1, 0.15) is 5.75 Å². The zero-order valence-corrected chi connectivity index (χ0v) is 18.3. The van der Waals surface area contributed by atoms with Gasteiger partial charge < -0.3 is 15.3 Å². The fraction of sp³-hybridized carbons (Fsp3) is 0.269. The molecule has 0 spiro atoms. The Morgan fingerprint density at radius 3 is 2.78 bits per heavy atom. The second-order valence-corrected chi connectivity index (χ2v) is 8.15. The van der Waals surface area contributed by atoms with E-state index in [1.807, 2.05) is 43.3 Å². The van der Waals surface area contributed by atoms with E-state index in [1.54, 1.807) is 12.3 Å². The van der Waals surface area contributed by atoms with Gasteiger partial charge in [-0.25, -0.2) is 9.97 Å². The largest absolute Gasteiger partial charge is 0.506 e. The van der Waals surface area contributed by atoms with E-state index in [9.17, 15) is 9.90 Å². The van der Waals surface area contributed by atoms with Gasteiger partial charge in [0.05, 0.1) is 11.4 Å². The number of rotatable bonds is 7. The summed E-state index contributed by atoms with van der Waals surface area (Å²) in [6.07, 6.45) is 6.97. The second-order valence-electron chi connectivity index (χ2n) is 8.15. The van der Waals surface area contributed by atoms with Gasteiger partial charge in [0.2, 0.25) is 5.95 Å². The quantitative estimate of drug-likeness (QED) is 0.398. The molecule has 0 bridgehead atoms. The lowest BCUT2D eigenvalue weighted by Crippen LogP contribution is -2.29. The molecule has 1 aromatic heterocycles. The standard InChI is InChI=1S/C26H28N4O2/c1-3-22(31)15-19-8-7-9-20(14-19)25-18(2)17-27-26(29-25)28-21-10-11-24(32)23(16-21)30-12-5-4-6-13-30/h3,7-11,14,16-17,32H,1,4-6,12-13,15H2,2H3,(H,27,28,29). The van der Waals surface area contributed by atoms with Crippen LogP contribution in [0.4, 0.5) is 17.3 Å². The fourth-order valence-corrected chi connectivity index (χ4v) is 4.01. The maximum absolute atomic E-state index is 11.7. The van der Waals surface area contributed by atoms with Crippen LogP contribution in [0.3, 0.4) is 0 Å². The van der Waals surface area contributed by atoms with Crippen LogP contribution in [0.1, 0.15) is 30.4 Å². The van der Waals surface area contributed by atoms with Crippen molar-refractivity contribution in [2.75, 3.05) is 23.3 Å². The van der Waals surface area contributed by atoms with E-state index in [4.69, 9.17) is 4.98 Å². The molecule has 0 aliphatic carbocycles. The summed E-state index contributed by atoms with van der Waals surface area (Å²) in [5, 5.41) is 13.6. The van der Waals surface area contributed by atoms with E-state index >= 15 is 0 Å². The number of aryl methyl sites for hydroxylation is 1. The molecule has 0 amide bonds. The van der Waals surface area contributed by atoms with E-state index in [2.05, 4.69) is 21.8 Å². The van der Waals surface area contributed by atoms with Gasteiger partial charge in [-0.15, -0.1) is 0 Å². The molecule has 1 aliphatic rings. The highest BCUT2D eigenvalue weighted by molar-refractivity contribution is 5.91.